The number of methoxy groups -OCH3 is 1. The number of hydrogen-bond donors (Lipinski definition) is 1. The maximum absolute atomic E-state index is 5.25. The Kier molecular flexibility index (Phi) is 6.45. The molecule has 1 N–H and O–H groups in total. The van der Waals surface area contributed by atoms with E-state index in [1.807, 2.05) is 12.1 Å². The summed E-state index contributed by atoms with van der Waals surface area (Å²) in [5.74, 6) is 0.872. The van der Waals surface area contributed by atoms with Gasteiger partial charge in [0.05, 0.1) is 39.0 Å². The highest BCUT2D eigenvalue weighted by molar-refractivity contribution is 5.98. The lowest BCUT2D eigenvalue weighted by molar-refractivity contribution is -0.929. The highest BCUT2D eigenvalue weighted by Crippen LogP contribution is 2.19. The van der Waals surface area contributed by atoms with E-state index >= 15 is 0 Å². The molecule has 1 aliphatic rings. The van der Waals surface area contributed by atoms with Gasteiger partial charge in [0.1, 0.15) is 11.8 Å². The van der Waals surface area contributed by atoms with Crippen LogP contribution in [0.4, 0.5) is 0 Å². The van der Waals surface area contributed by atoms with Crippen LogP contribution in [0.2, 0.25) is 0 Å². The van der Waals surface area contributed by atoms with Crippen molar-refractivity contribution in [2.75, 3.05) is 33.3 Å². The minimum atomic E-state index is 0.362. The third kappa shape index (κ3) is 4.71. The summed E-state index contributed by atoms with van der Waals surface area (Å²) in [4.78, 5) is 1.60. The molecule has 1 saturated heterocycles. The van der Waals surface area contributed by atoms with Crippen molar-refractivity contribution < 1.29 is 9.64 Å². The summed E-state index contributed by atoms with van der Waals surface area (Å²) >= 11 is 0. The van der Waals surface area contributed by atoms with Gasteiger partial charge in [-0.1, -0.05) is 60.7 Å². The van der Waals surface area contributed by atoms with E-state index in [1.54, 1.807) is 12.0 Å². The molecule has 0 bridgehead atoms. The Bertz CT molecular complexity index is 907. The quantitative estimate of drug-likeness (QED) is 0.643. The van der Waals surface area contributed by atoms with Gasteiger partial charge in [-0.05, 0) is 36.8 Å². The maximum Gasteiger partial charge on any atom is 0.139 e. The van der Waals surface area contributed by atoms with Crippen molar-refractivity contribution in [2.45, 2.75) is 13.0 Å². The van der Waals surface area contributed by atoms with Crippen LogP contribution in [-0.2, 0) is 0 Å². The smallest absolute Gasteiger partial charge is 0.139 e. The van der Waals surface area contributed by atoms with Crippen molar-refractivity contribution in [1.29, 1.82) is 0 Å². The molecule has 0 saturated carbocycles. The lowest BCUT2D eigenvalue weighted by Gasteiger charge is -2.36. The third-order valence-corrected chi connectivity index (χ3v) is 5.86. The number of quaternary nitrogens is 1. The van der Waals surface area contributed by atoms with E-state index in [4.69, 9.17) is 9.84 Å². The first kappa shape index (κ1) is 20.2. The summed E-state index contributed by atoms with van der Waals surface area (Å²) < 4.78 is 5.25. The van der Waals surface area contributed by atoms with E-state index < -0.39 is 0 Å². The number of rotatable bonds is 6. The van der Waals surface area contributed by atoms with Gasteiger partial charge < -0.3 is 9.64 Å². The first-order valence-electron chi connectivity index (χ1n) is 10.6. The van der Waals surface area contributed by atoms with Crippen LogP contribution in [0.5, 0.6) is 5.75 Å². The minimum absolute atomic E-state index is 0.362. The van der Waals surface area contributed by atoms with Crippen molar-refractivity contribution in [2.24, 2.45) is 5.10 Å². The van der Waals surface area contributed by atoms with E-state index in [-0.39, 0.29) is 0 Å². The number of nitrogens with zero attached hydrogens (tertiary/aromatic N) is 2. The summed E-state index contributed by atoms with van der Waals surface area (Å²) in [5.41, 5.74) is 4.94. The molecule has 3 aromatic rings. The van der Waals surface area contributed by atoms with Crippen LogP contribution < -0.4 is 9.64 Å². The molecule has 0 unspecified atom stereocenters. The zero-order chi connectivity index (χ0) is 20.8. The first-order valence-corrected chi connectivity index (χ1v) is 10.6. The Morgan fingerprint density at radius 3 is 1.87 bits per heavy atom. The van der Waals surface area contributed by atoms with Gasteiger partial charge in [-0.15, -0.1) is 0 Å². The fraction of sp³-hybridized carbons (Fsp3) is 0.269. The minimum Gasteiger partial charge on any atom is -0.497 e. The van der Waals surface area contributed by atoms with Crippen molar-refractivity contribution in [1.82, 2.24) is 5.01 Å². The largest absolute Gasteiger partial charge is 0.497 e. The fourth-order valence-electron chi connectivity index (χ4n) is 4.23. The molecule has 4 heteroatoms. The molecule has 0 aromatic heterocycles. The van der Waals surface area contributed by atoms with Gasteiger partial charge >= 0.3 is 0 Å². The van der Waals surface area contributed by atoms with Crippen LogP contribution in [0, 0.1) is 0 Å². The molecule has 0 aliphatic carbocycles. The Morgan fingerprint density at radius 1 is 0.833 bits per heavy atom. The average Bonchev–Trinajstić information content (AvgIpc) is 2.82. The highest BCUT2D eigenvalue weighted by atomic mass is 16.5. The Balaban J connectivity index is 1.46. The van der Waals surface area contributed by atoms with E-state index in [2.05, 4.69) is 84.7 Å². The Morgan fingerprint density at radius 2 is 1.37 bits per heavy atom. The normalized spacial score (nSPS) is 15.4. The molecular weight excluding hydrogens is 370 g/mol. The number of ether oxygens (including phenoxy) is 1. The molecule has 4 rings (SSSR count). The predicted octanol–water partition coefficient (Wildman–Crippen LogP) is 3.41. The number of hydrogen-bond acceptors (Lipinski definition) is 3. The second kappa shape index (κ2) is 9.59. The molecule has 1 aliphatic heterocycles. The van der Waals surface area contributed by atoms with Gasteiger partial charge in [-0.3, -0.25) is 5.01 Å². The molecular formula is C26H30N3O+. The van der Waals surface area contributed by atoms with Gasteiger partial charge in [0.2, 0.25) is 0 Å². The average molecular weight is 401 g/mol. The number of benzene rings is 3. The van der Waals surface area contributed by atoms with Gasteiger partial charge in [-0.25, -0.2) is 0 Å². The van der Waals surface area contributed by atoms with Gasteiger partial charge in [0, 0.05) is 11.1 Å². The molecule has 154 valence electrons. The van der Waals surface area contributed by atoms with Gasteiger partial charge in [0.15, 0.2) is 0 Å². The fourth-order valence-corrected chi connectivity index (χ4v) is 4.23. The Hall–Kier alpha value is -3.11. The molecule has 0 radical (unpaired) electrons. The van der Waals surface area contributed by atoms with Crippen LogP contribution in [0.1, 0.15) is 29.7 Å². The summed E-state index contributed by atoms with van der Waals surface area (Å²) in [7, 11) is 1.69. The van der Waals surface area contributed by atoms with Crippen molar-refractivity contribution in [3.8, 4) is 5.75 Å². The monoisotopic (exact) mass is 400 g/mol. The SMILES string of the molecule is COc1ccc(/C(C)=N/N2CC[NH+](C(c3ccccc3)c3ccccc3)CC2)cc1. The highest BCUT2D eigenvalue weighted by Gasteiger charge is 2.29. The van der Waals surface area contributed by atoms with Crippen LogP contribution in [0.3, 0.4) is 0 Å². The standard InChI is InChI=1S/C26H29N3O/c1-21(22-13-15-25(30-2)16-14-22)27-29-19-17-28(18-20-29)26(23-9-5-3-6-10-23)24-11-7-4-8-12-24/h3-16,26H,17-20H2,1-2H3/p+1/b27-21+. The summed E-state index contributed by atoms with van der Waals surface area (Å²) in [6, 6.07) is 30.2. The van der Waals surface area contributed by atoms with E-state index in [0.29, 0.717) is 6.04 Å². The zero-order valence-electron chi connectivity index (χ0n) is 17.8. The van der Waals surface area contributed by atoms with E-state index in [9.17, 15) is 0 Å². The summed E-state index contributed by atoms with van der Waals surface area (Å²) in [6.45, 7) is 6.12. The van der Waals surface area contributed by atoms with Crippen LogP contribution in [-0.4, -0.2) is 44.0 Å². The second-order valence-corrected chi connectivity index (χ2v) is 7.78. The summed E-state index contributed by atoms with van der Waals surface area (Å²) in [5, 5.41) is 7.12. The van der Waals surface area contributed by atoms with E-state index in [0.717, 1.165) is 43.2 Å². The molecule has 1 heterocycles. The lowest BCUT2D eigenvalue weighted by Crippen LogP contribution is -3.15. The third-order valence-electron chi connectivity index (χ3n) is 5.86. The van der Waals surface area contributed by atoms with Gasteiger partial charge in [-0.2, -0.15) is 5.10 Å². The molecule has 0 amide bonds. The van der Waals surface area contributed by atoms with Crippen LogP contribution in [0.25, 0.3) is 0 Å². The van der Waals surface area contributed by atoms with Crippen molar-refractivity contribution >= 4 is 5.71 Å². The molecule has 0 atom stereocenters. The topological polar surface area (TPSA) is 29.3 Å². The maximum atomic E-state index is 5.25. The number of nitrogens with one attached hydrogen (secondary N) is 1. The lowest BCUT2D eigenvalue weighted by atomic mass is 9.96. The van der Waals surface area contributed by atoms with Crippen LogP contribution >= 0.6 is 0 Å². The van der Waals surface area contributed by atoms with Crippen LogP contribution in [0.15, 0.2) is 90.0 Å². The van der Waals surface area contributed by atoms with Gasteiger partial charge in [0.25, 0.3) is 0 Å². The summed E-state index contributed by atoms with van der Waals surface area (Å²) in [6.07, 6.45) is 0. The van der Waals surface area contributed by atoms with Crippen molar-refractivity contribution in [3.63, 3.8) is 0 Å². The number of piperazine rings is 1. The molecule has 4 nitrogen and oxygen atoms in total. The predicted molar refractivity (Wildman–Crippen MR) is 122 cm³/mol. The molecule has 0 spiro atoms. The second-order valence-electron chi connectivity index (χ2n) is 7.78. The Labute approximate surface area is 179 Å². The molecule has 3 aromatic carbocycles. The van der Waals surface area contributed by atoms with E-state index in [1.165, 1.54) is 11.1 Å². The molecule has 1 fully saturated rings. The number of hydrazone groups is 1. The first-order chi connectivity index (χ1) is 14.7. The van der Waals surface area contributed by atoms with Crippen molar-refractivity contribution in [3.05, 3.63) is 102 Å². The zero-order valence-corrected chi connectivity index (χ0v) is 17.8. The molecule has 30 heavy (non-hydrogen) atoms.